The number of benzene rings is 1. The smallest absolute Gasteiger partial charge is 0.129 e. The minimum atomic E-state index is 0.433. The highest BCUT2D eigenvalue weighted by molar-refractivity contribution is 7.15. The van der Waals surface area contributed by atoms with Gasteiger partial charge in [-0.1, -0.05) is 12.1 Å². The number of hydrogen-bond acceptors (Lipinski definition) is 4. The van der Waals surface area contributed by atoms with E-state index < -0.39 is 0 Å². The number of nitrogens with two attached hydrogens (primary N) is 1. The lowest BCUT2D eigenvalue weighted by molar-refractivity contribution is 0.341. The van der Waals surface area contributed by atoms with Crippen molar-refractivity contribution in [1.29, 1.82) is 0 Å². The van der Waals surface area contributed by atoms with Crippen LogP contribution in [0.15, 0.2) is 24.3 Å². The number of para-hydroxylation sites is 1. The van der Waals surface area contributed by atoms with Gasteiger partial charge < -0.3 is 10.5 Å². The van der Waals surface area contributed by atoms with E-state index in [0.717, 1.165) is 22.7 Å². The summed E-state index contributed by atoms with van der Waals surface area (Å²) in [6.45, 7) is 3.38. The predicted molar refractivity (Wildman–Crippen MR) is 83.5 cm³/mol. The molecule has 1 aromatic heterocycles. The molecule has 0 amide bonds. The lowest BCUT2D eigenvalue weighted by Gasteiger charge is -2.18. The van der Waals surface area contributed by atoms with Crippen LogP contribution in [0.5, 0.6) is 5.75 Å². The number of rotatable bonds is 4. The molecule has 0 bridgehead atoms. The molecule has 1 aliphatic carbocycles. The molecule has 3 nitrogen and oxygen atoms in total. The Bertz CT molecular complexity index is 594. The average molecular weight is 288 g/mol. The Hall–Kier alpha value is -1.39. The fourth-order valence-electron chi connectivity index (χ4n) is 2.78. The van der Waals surface area contributed by atoms with Gasteiger partial charge in [-0.3, -0.25) is 0 Å². The third-order valence-electron chi connectivity index (χ3n) is 3.77. The summed E-state index contributed by atoms with van der Waals surface area (Å²) in [6.07, 6.45) is 3.53. The molecule has 2 N–H and O–H groups in total. The summed E-state index contributed by atoms with van der Waals surface area (Å²) < 4.78 is 5.72. The number of fused-ring (bicyclic) bond motifs is 1. The van der Waals surface area contributed by atoms with E-state index in [1.54, 1.807) is 11.3 Å². The van der Waals surface area contributed by atoms with Crippen LogP contribution in [0.2, 0.25) is 0 Å². The van der Waals surface area contributed by atoms with Gasteiger partial charge >= 0.3 is 0 Å². The highest BCUT2D eigenvalue weighted by atomic mass is 32.1. The first-order valence-electron chi connectivity index (χ1n) is 7.25. The molecule has 20 heavy (non-hydrogen) atoms. The van der Waals surface area contributed by atoms with E-state index in [-0.39, 0.29) is 0 Å². The van der Waals surface area contributed by atoms with Crippen LogP contribution in [0.1, 0.15) is 36.3 Å². The summed E-state index contributed by atoms with van der Waals surface area (Å²) in [7, 11) is 0. The zero-order valence-corrected chi connectivity index (χ0v) is 12.6. The van der Waals surface area contributed by atoms with Crippen LogP contribution in [0, 0.1) is 0 Å². The monoisotopic (exact) mass is 288 g/mol. The van der Waals surface area contributed by atoms with Crippen molar-refractivity contribution in [2.45, 2.75) is 32.1 Å². The van der Waals surface area contributed by atoms with E-state index in [0.29, 0.717) is 19.1 Å². The first kappa shape index (κ1) is 13.6. The van der Waals surface area contributed by atoms with Crippen molar-refractivity contribution in [2.24, 2.45) is 5.73 Å². The molecule has 0 saturated heterocycles. The van der Waals surface area contributed by atoms with E-state index in [2.05, 4.69) is 6.07 Å². The van der Waals surface area contributed by atoms with Gasteiger partial charge in [0.15, 0.2) is 0 Å². The molecule has 1 heterocycles. The molecule has 0 aliphatic heterocycles. The minimum Gasteiger partial charge on any atom is -0.493 e. The lowest BCUT2D eigenvalue weighted by atomic mass is 9.91. The Morgan fingerprint density at radius 2 is 2.25 bits per heavy atom. The molecule has 4 heteroatoms. The first-order chi connectivity index (χ1) is 9.83. The molecule has 0 saturated carbocycles. The second kappa shape index (κ2) is 5.94. The van der Waals surface area contributed by atoms with Gasteiger partial charge in [0.25, 0.3) is 0 Å². The minimum absolute atomic E-state index is 0.433. The van der Waals surface area contributed by atoms with Crippen molar-refractivity contribution in [1.82, 2.24) is 4.98 Å². The van der Waals surface area contributed by atoms with Crippen LogP contribution in [0.4, 0.5) is 0 Å². The molecule has 2 aromatic rings. The third kappa shape index (κ3) is 2.45. The summed E-state index contributed by atoms with van der Waals surface area (Å²) in [6, 6.07) is 8.15. The summed E-state index contributed by atoms with van der Waals surface area (Å²) in [5.41, 5.74) is 8.21. The molecule has 106 valence electrons. The molecule has 1 atom stereocenters. The molecule has 0 spiro atoms. The number of nitrogens with zero attached hydrogens (tertiary/aromatic N) is 1. The Kier molecular flexibility index (Phi) is 4.03. The Morgan fingerprint density at radius 1 is 1.40 bits per heavy atom. The van der Waals surface area contributed by atoms with Crippen LogP contribution < -0.4 is 10.5 Å². The molecular formula is C16H20N2OS. The summed E-state index contributed by atoms with van der Waals surface area (Å²) in [5.74, 6) is 1.36. The van der Waals surface area contributed by atoms with E-state index >= 15 is 0 Å². The average Bonchev–Trinajstić information content (AvgIpc) is 2.92. The van der Waals surface area contributed by atoms with Crippen LogP contribution >= 0.6 is 11.3 Å². The van der Waals surface area contributed by atoms with Gasteiger partial charge in [0.1, 0.15) is 10.8 Å². The summed E-state index contributed by atoms with van der Waals surface area (Å²) in [5, 5.41) is 1.07. The van der Waals surface area contributed by atoms with Crippen molar-refractivity contribution in [2.75, 3.05) is 13.2 Å². The topological polar surface area (TPSA) is 48.1 Å². The van der Waals surface area contributed by atoms with Gasteiger partial charge in [-0.15, -0.1) is 11.3 Å². The van der Waals surface area contributed by atoms with Crippen molar-refractivity contribution in [3.8, 4) is 16.3 Å². The first-order valence-corrected chi connectivity index (χ1v) is 8.07. The van der Waals surface area contributed by atoms with Crippen LogP contribution in [0.25, 0.3) is 10.6 Å². The Balaban J connectivity index is 2.01. The molecule has 0 fully saturated rings. The number of aryl methyl sites for hydroxylation is 1. The van der Waals surface area contributed by atoms with Gasteiger partial charge in [-0.05, 0) is 38.3 Å². The second-order valence-corrected chi connectivity index (χ2v) is 6.17. The number of thiazole rings is 1. The Morgan fingerprint density at radius 3 is 3.05 bits per heavy atom. The summed E-state index contributed by atoms with van der Waals surface area (Å²) >= 11 is 1.80. The maximum atomic E-state index is 5.88. The van der Waals surface area contributed by atoms with E-state index in [4.69, 9.17) is 15.5 Å². The van der Waals surface area contributed by atoms with E-state index in [1.165, 1.54) is 23.4 Å². The van der Waals surface area contributed by atoms with Crippen molar-refractivity contribution in [3.05, 3.63) is 34.8 Å². The van der Waals surface area contributed by atoms with Crippen molar-refractivity contribution >= 4 is 11.3 Å². The highest BCUT2D eigenvalue weighted by Gasteiger charge is 2.24. The van der Waals surface area contributed by atoms with Gasteiger partial charge in [0.2, 0.25) is 0 Å². The van der Waals surface area contributed by atoms with Crippen LogP contribution in [-0.4, -0.2) is 18.1 Å². The molecule has 1 aliphatic rings. The lowest BCUT2D eigenvalue weighted by Crippen LogP contribution is -2.17. The molecular weight excluding hydrogens is 268 g/mol. The van der Waals surface area contributed by atoms with Crippen LogP contribution in [-0.2, 0) is 6.42 Å². The predicted octanol–water partition coefficient (Wildman–Crippen LogP) is 3.59. The quantitative estimate of drug-likeness (QED) is 0.935. The molecule has 3 rings (SSSR count). The standard InChI is InChI=1S/C16H20N2OS/c1-2-19-13-8-4-3-7-12(13)16-18-15-11(10-17)6-5-9-14(15)20-16/h3-4,7-8,11H,2,5-6,9-10,17H2,1H3. The fourth-order valence-corrected chi connectivity index (χ4v) is 4.00. The molecule has 1 unspecified atom stereocenters. The maximum absolute atomic E-state index is 5.88. The zero-order chi connectivity index (χ0) is 13.9. The third-order valence-corrected chi connectivity index (χ3v) is 4.94. The van der Waals surface area contributed by atoms with Gasteiger partial charge in [-0.2, -0.15) is 0 Å². The van der Waals surface area contributed by atoms with Crippen LogP contribution in [0.3, 0.4) is 0 Å². The van der Waals surface area contributed by atoms with Gasteiger partial charge in [0.05, 0.1) is 17.9 Å². The van der Waals surface area contributed by atoms with Crippen molar-refractivity contribution in [3.63, 3.8) is 0 Å². The normalized spacial score (nSPS) is 17.8. The maximum Gasteiger partial charge on any atom is 0.129 e. The number of ether oxygens (including phenoxy) is 1. The number of aromatic nitrogens is 1. The second-order valence-electron chi connectivity index (χ2n) is 5.08. The summed E-state index contributed by atoms with van der Waals surface area (Å²) in [4.78, 5) is 6.28. The molecule has 1 aromatic carbocycles. The SMILES string of the molecule is CCOc1ccccc1-c1nc2c(s1)CCCC2CN. The zero-order valence-electron chi connectivity index (χ0n) is 11.8. The van der Waals surface area contributed by atoms with E-state index in [9.17, 15) is 0 Å². The van der Waals surface area contributed by atoms with Gasteiger partial charge in [-0.25, -0.2) is 4.98 Å². The van der Waals surface area contributed by atoms with Crippen molar-refractivity contribution < 1.29 is 4.74 Å². The Labute approximate surface area is 123 Å². The van der Waals surface area contributed by atoms with Gasteiger partial charge in [0, 0.05) is 17.3 Å². The van der Waals surface area contributed by atoms with E-state index in [1.807, 2.05) is 25.1 Å². The molecule has 0 radical (unpaired) electrons. The largest absolute Gasteiger partial charge is 0.493 e. The highest BCUT2D eigenvalue weighted by Crippen LogP contribution is 2.40. The fraction of sp³-hybridized carbons (Fsp3) is 0.438. The number of hydrogen-bond donors (Lipinski definition) is 1.